The Balaban J connectivity index is 2.56. The van der Waals surface area contributed by atoms with Crippen LogP contribution in [0.3, 0.4) is 0 Å². The quantitative estimate of drug-likeness (QED) is 0.829. The van der Waals surface area contributed by atoms with Crippen LogP contribution in [-0.2, 0) is 0 Å². The molecule has 1 aromatic rings. The third kappa shape index (κ3) is 3.95. The Morgan fingerprint density at radius 1 is 1.50 bits per heavy atom. The van der Waals surface area contributed by atoms with Crippen molar-refractivity contribution < 1.29 is 4.79 Å². The van der Waals surface area contributed by atoms with Crippen molar-refractivity contribution in [2.75, 3.05) is 5.32 Å². The molecule has 0 saturated heterocycles. The topological polar surface area (TPSA) is 41.1 Å². The Morgan fingerprint density at radius 2 is 2.25 bits per heavy atom. The summed E-state index contributed by atoms with van der Waals surface area (Å²) in [4.78, 5) is 11.4. The van der Waals surface area contributed by atoms with Gasteiger partial charge in [0, 0.05) is 16.9 Å². The number of hydrogen-bond acceptors (Lipinski definition) is 1. The highest BCUT2D eigenvalue weighted by molar-refractivity contribution is 6.31. The highest BCUT2D eigenvalue weighted by Gasteiger charge is 2.01. The van der Waals surface area contributed by atoms with Gasteiger partial charge in [-0.25, -0.2) is 4.79 Å². The number of rotatable bonds is 3. The van der Waals surface area contributed by atoms with E-state index in [0.29, 0.717) is 10.7 Å². The number of benzene rings is 1. The van der Waals surface area contributed by atoms with Gasteiger partial charge >= 0.3 is 6.03 Å². The van der Waals surface area contributed by atoms with Crippen LogP contribution < -0.4 is 10.6 Å². The summed E-state index contributed by atoms with van der Waals surface area (Å²) in [5, 5.41) is 5.92. The third-order valence-corrected chi connectivity index (χ3v) is 2.40. The molecule has 0 bridgehead atoms. The van der Waals surface area contributed by atoms with Gasteiger partial charge in [-0.3, -0.25) is 0 Å². The lowest BCUT2D eigenvalue weighted by Gasteiger charge is -2.06. The van der Waals surface area contributed by atoms with Crippen molar-refractivity contribution in [3.05, 3.63) is 41.1 Å². The molecule has 3 nitrogen and oxygen atoms in total. The number of carbonyl (C=O) groups excluding carboxylic acids is 1. The van der Waals surface area contributed by atoms with Gasteiger partial charge < -0.3 is 10.6 Å². The fraction of sp³-hybridized carbons (Fsp3) is 0.250. The standard InChI is InChI=1S/C12H15ClN2O/c1-3-4-7-14-12(16)15-10-6-5-9(2)11(13)8-10/h4-8H,3H2,1-2H3,(H2,14,15,16)/b7-4+. The highest BCUT2D eigenvalue weighted by Crippen LogP contribution is 2.19. The number of allylic oxidation sites excluding steroid dienone is 1. The minimum absolute atomic E-state index is 0.274. The van der Waals surface area contributed by atoms with Crippen LogP contribution in [0.5, 0.6) is 0 Å². The van der Waals surface area contributed by atoms with Crippen LogP contribution in [0, 0.1) is 6.92 Å². The summed E-state index contributed by atoms with van der Waals surface area (Å²) in [6.45, 7) is 3.91. The summed E-state index contributed by atoms with van der Waals surface area (Å²) in [5.74, 6) is 0. The molecular weight excluding hydrogens is 224 g/mol. The van der Waals surface area contributed by atoms with Crippen molar-refractivity contribution in [3.63, 3.8) is 0 Å². The number of urea groups is 1. The van der Waals surface area contributed by atoms with E-state index in [1.165, 1.54) is 0 Å². The Kier molecular flexibility index (Phi) is 4.86. The first-order chi connectivity index (χ1) is 7.63. The number of amides is 2. The number of aryl methyl sites for hydroxylation is 1. The average Bonchev–Trinajstić information content (AvgIpc) is 2.24. The molecule has 0 saturated carbocycles. The fourth-order valence-electron chi connectivity index (χ4n) is 1.09. The van der Waals surface area contributed by atoms with E-state index in [0.717, 1.165) is 12.0 Å². The lowest BCUT2D eigenvalue weighted by Crippen LogP contribution is -2.23. The lowest BCUT2D eigenvalue weighted by atomic mass is 10.2. The minimum Gasteiger partial charge on any atom is -0.315 e. The molecule has 0 radical (unpaired) electrons. The first-order valence-corrected chi connectivity index (χ1v) is 5.50. The molecule has 0 aromatic heterocycles. The first-order valence-electron chi connectivity index (χ1n) is 5.12. The van der Waals surface area contributed by atoms with Crippen LogP contribution in [0.15, 0.2) is 30.5 Å². The zero-order valence-electron chi connectivity index (χ0n) is 9.38. The predicted octanol–water partition coefficient (Wildman–Crippen LogP) is 3.69. The minimum atomic E-state index is -0.274. The summed E-state index contributed by atoms with van der Waals surface area (Å²) in [6.07, 6.45) is 4.36. The van der Waals surface area contributed by atoms with Crippen LogP contribution in [0.25, 0.3) is 0 Å². The van der Waals surface area contributed by atoms with Crippen LogP contribution in [0.2, 0.25) is 5.02 Å². The van der Waals surface area contributed by atoms with E-state index in [1.54, 1.807) is 12.3 Å². The van der Waals surface area contributed by atoms with Gasteiger partial charge in [-0.2, -0.15) is 0 Å². The highest BCUT2D eigenvalue weighted by atomic mass is 35.5. The van der Waals surface area contributed by atoms with Crippen molar-refractivity contribution in [2.24, 2.45) is 0 Å². The Morgan fingerprint density at radius 3 is 2.88 bits per heavy atom. The van der Waals surface area contributed by atoms with E-state index < -0.39 is 0 Å². The molecule has 1 rings (SSSR count). The van der Waals surface area contributed by atoms with Crippen LogP contribution in [0.1, 0.15) is 18.9 Å². The van der Waals surface area contributed by atoms with Gasteiger partial charge in [0.25, 0.3) is 0 Å². The normalized spacial score (nSPS) is 10.4. The molecule has 0 unspecified atom stereocenters. The van der Waals surface area contributed by atoms with Crippen molar-refractivity contribution in [1.82, 2.24) is 5.32 Å². The zero-order valence-corrected chi connectivity index (χ0v) is 10.1. The molecule has 1 aromatic carbocycles. The summed E-state index contributed by atoms with van der Waals surface area (Å²) < 4.78 is 0. The van der Waals surface area contributed by atoms with E-state index in [-0.39, 0.29) is 6.03 Å². The average molecular weight is 239 g/mol. The van der Waals surface area contributed by atoms with Crippen molar-refractivity contribution in [3.8, 4) is 0 Å². The van der Waals surface area contributed by atoms with Gasteiger partial charge in [0.15, 0.2) is 0 Å². The molecule has 0 spiro atoms. The van der Waals surface area contributed by atoms with Gasteiger partial charge in [-0.1, -0.05) is 30.7 Å². The molecule has 2 N–H and O–H groups in total. The second kappa shape index (κ2) is 6.18. The first kappa shape index (κ1) is 12.6. The molecule has 0 aliphatic carbocycles. The van der Waals surface area contributed by atoms with E-state index in [1.807, 2.05) is 32.1 Å². The Hall–Kier alpha value is -1.48. The molecule has 2 amide bonds. The molecule has 4 heteroatoms. The largest absolute Gasteiger partial charge is 0.323 e. The molecular formula is C12H15ClN2O. The van der Waals surface area contributed by atoms with Crippen molar-refractivity contribution in [2.45, 2.75) is 20.3 Å². The van der Waals surface area contributed by atoms with E-state index in [2.05, 4.69) is 10.6 Å². The lowest BCUT2D eigenvalue weighted by molar-refractivity contribution is 0.255. The maximum absolute atomic E-state index is 11.4. The second-order valence-electron chi connectivity index (χ2n) is 3.37. The monoisotopic (exact) mass is 238 g/mol. The fourth-order valence-corrected chi connectivity index (χ4v) is 1.27. The van der Waals surface area contributed by atoms with Crippen LogP contribution >= 0.6 is 11.6 Å². The predicted molar refractivity (Wildman–Crippen MR) is 67.8 cm³/mol. The molecule has 0 atom stereocenters. The van der Waals surface area contributed by atoms with Gasteiger partial charge in [-0.05, 0) is 31.0 Å². The summed E-state index contributed by atoms with van der Waals surface area (Å²) >= 11 is 5.94. The zero-order chi connectivity index (χ0) is 12.0. The number of nitrogens with one attached hydrogen (secondary N) is 2. The third-order valence-electron chi connectivity index (χ3n) is 2.00. The van der Waals surface area contributed by atoms with Crippen molar-refractivity contribution in [1.29, 1.82) is 0 Å². The van der Waals surface area contributed by atoms with Crippen LogP contribution in [-0.4, -0.2) is 6.03 Å². The maximum Gasteiger partial charge on any atom is 0.323 e. The van der Waals surface area contributed by atoms with Crippen LogP contribution in [0.4, 0.5) is 10.5 Å². The summed E-state index contributed by atoms with van der Waals surface area (Å²) in [5.41, 5.74) is 1.66. The smallest absolute Gasteiger partial charge is 0.315 e. The molecule has 0 aliphatic heterocycles. The Bertz CT molecular complexity index is 402. The number of hydrogen-bond donors (Lipinski definition) is 2. The second-order valence-corrected chi connectivity index (χ2v) is 3.78. The molecule has 0 fully saturated rings. The van der Waals surface area contributed by atoms with Gasteiger partial charge in [0.05, 0.1) is 0 Å². The van der Waals surface area contributed by atoms with E-state index in [4.69, 9.17) is 11.6 Å². The van der Waals surface area contributed by atoms with E-state index >= 15 is 0 Å². The number of anilines is 1. The van der Waals surface area contributed by atoms with Gasteiger partial charge in [0.2, 0.25) is 0 Å². The molecule has 0 heterocycles. The number of halogens is 1. The Labute approximate surface area is 100 Å². The molecule has 86 valence electrons. The van der Waals surface area contributed by atoms with Gasteiger partial charge in [0.1, 0.15) is 0 Å². The van der Waals surface area contributed by atoms with Crippen molar-refractivity contribution >= 4 is 23.3 Å². The summed E-state index contributed by atoms with van der Waals surface area (Å²) in [7, 11) is 0. The van der Waals surface area contributed by atoms with E-state index in [9.17, 15) is 4.79 Å². The molecule has 16 heavy (non-hydrogen) atoms. The number of carbonyl (C=O) groups is 1. The SMILES string of the molecule is CC/C=C/NC(=O)Nc1ccc(C)c(Cl)c1. The summed E-state index contributed by atoms with van der Waals surface area (Å²) in [6, 6.07) is 5.12. The van der Waals surface area contributed by atoms with Gasteiger partial charge in [-0.15, -0.1) is 0 Å². The maximum atomic E-state index is 11.4. The molecule has 0 aliphatic rings.